The van der Waals surface area contributed by atoms with Gasteiger partial charge < -0.3 is 5.43 Å². The summed E-state index contributed by atoms with van der Waals surface area (Å²) in [6, 6.07) is 11.7. The lowest BCUT2D eigenvalue weighted by Gasteiger charge is -2.06. The molecule has 92 valence electrons. The Morgan fingerprint density at radius 3 is 2.84 bits per heavy atom. The van der Waals surface area contributed by atoms with Gasteiger partial charge in [-0.05, 0) is 24.3 Å². The number of anilines is 1. The number of benzene rings is 1. The molecule has 0 atom stereocenters. The highest BCUT2D eigenvalue weighted by molar-refractivity contribution is 5.93. The molecule has 4 aromatic rings. The summed E-state index contributed by atoms with van der Waals surface area (Å²) in [4.78, 5) is 13.4. The van der Waals surface area contributed by atoms with Gasteiger partial charge in [0, 0.05) is 6.20 Å². The molecular weight excluding hydrogens is 240 g/mol. The predicted octanol–water partition coefficient (Wildman–Crippen LogP) is 1.72. The van der Waals surface area contributed by atoms with Crippen molar-refractivity contribution >= 4 is 33.7 Å². The molecule has 3 N–H and O–H groups in total. The van der Waals surface area contributed by atoms with Gasteiger partial charge in [-0.25, -0.2) is 15.8 Å². The third-order valence-corrected chi connectivity index (χ3v) is 3.15. The third-order valence-electron chi connectivity index (χ3n) is 3.15. The van der Waals surface area contributed by atoms with E-state index >= 15 is 0 Å². The predicted molar refractivity (Wildman–Crippen MR) is 73.6 cm³/mol. The van der Waals surface area contributed by atoms with E-state index in [4.69, 9.17) is 5.84 Å². The van der Waals surface area contributed by atoms with E-state index in [1.54, 1.807) is 6.20 Å². The zero-order valence-corrected chi connectivity index (χ0v) is 9.91. The van der Waals surface area contributed by atoms with Crippen LogP contribution in [0.4, 0.5) is 5.82 Å². The minimum atomic E-state index is 0.575. The average molecular weight is 250 g/mol. The van der Waals surface area contributed by atoms with Gasteiger partial charge in [0.25, 0.3) is 0 Å². The Bertz CT molecular complexity index is 911. The highest BCUT2D eigenvalue weighted by atomic mass is 15.3. The number of imidazole rings is 1. The Balaban J connectivity index is 2.34. The molecule has 0 bridgehead atoms. The molecule has 6 heteroatoms. The molecule has 0 saturated heterocycles. The summed E-state index contributed by atoms with van der Waals surface area (Å²) >= 11 is 0. The van der Waals surface area contributed by atoms with Gasteiger partial charge in [-0.2, -0.15) is 4.98 Å². The summed E-state index contributed by atoms with van der Waals surface area (Å²) in [5, 5.41) is 0.862. The fraction of sp³-hybridized carbons (Fsp3) is 0. The SMILES string of the molecule is NNc1nc2nc3ccccc3n2c2ncccc12. The Morgan fingerprint density at radius 1 is 1.05 bits per heavy atom. The number of hydrogen-bond acceptors (Lipinski definition) is 5. The Labute approximate surface area is 107 Å². The van der Waals surface area contributed by atoms with E-state index in [-0.39, 0.29) is 0 Å². The van der Waals surface area contributed by atoms with Gasteiger partial charge in [0.1, 0.15) is 0 Å². The van der Waals surface area contributed by atoms with E-state index in [0.29, 0.717) is 11.6 Å². The maximum atomic E-state index is 5.52. The van der Waals surface area contributed by atoms with Gasteiger partial charge in [-0.15, -0.1) is 0 Å². The average Bonchev–Trinajstić information content (AvgIpc) is 2.84. The summed E-state index contributed by atoms with van der Waals surface area (Å²) in [5.41, 5.74) is 5.26. The quantitative estimate of drug-likeness (QED) is 0.397. The number of hydrazine groups is 1. The lowest BCUT2D eigenvalue weighted by atomic mass is 10.3. The molecule has 1 aromatic carbocycles. The van der Waals surface area contributed by atoms with Crippen LogP contribution in [-0.4, -0.2) is 19.4 Å². The smallest absolute Gasteiger partial charge is 0.238 e. The molecule has 0 amide bonds. The second-order valence-corrected chi connectivity index (χ2v) is 4.22. The van der Waals surface area contributed by atoms with Crippen molar-refractivity contribution < 1.29 is 0 Å². The normalized spacial score (nSPS) is 11.4. The number of nitrogens with two attached hydrogens (primary N) is 1. The van der Waals surface area contributed by atoms with Crippen molar-refractivity contribution in [3.8, 4) is 0 Å². The van der Waals surface area contributed by atoms with Crippen LogP contribution in [0.1, 0.15) is 0 Å². The number of aromatic nitrogens is 4. The number of hydrogen-bond donors (Lipinski definition) is 2. The molecule has 0 radical (unpaired) electrons. The van der Waals surface area contributed by atoms with E-state index in [1.807, 2.05) is 40.8 Å². The number of rotatable bonds is 1. The minimum Gasteiger partial charge on any atom is -0.308 e. The fourth-order valence-electron chi connectivity index (χ4n) is 2.33. The zero-order chi connectivity index (χ0) is 12.8. The van der Waals surface area contributed by atoms with E-state index in [0.717, 1.165) is 22.1 Å². The molecule has 0 aliphatic carbocycles. The van der Waals surface area contributed by atoms with Crippen molar-refractivity contribution in [2.45, 2.75) is 0 Å². The van der Waals surface area contributed by atoms with Crippen LogP contribution in [0.5, 0.6) is 0 Å². The van der Waals surface area contributed by atoms with Crippen LogP contribution in [0.25, 0.3) is 27.8 Å². The van der Waals surface area contributed by atoms with Crippen LogP contribution >= 0.6 is 0 Å². The summed E-state index contributed by atoms with van der Waals surface area (Å²) in [5.74, 6) is 6.68. The van der Waals surface area contributed by atoms with Crippen molar-refractivity contribution in [2.75, 3.05) is 5.43 Å². The first-order valence-electron chi connectivity index (χ1n) is 5.87. The summed E-state index contributed by atoms with van der Waals surface area (Å²) in [6.45, 7) is 0. The maximum Gasteiger partial charge on any atom is 0.238 e. The molecule has 0 unspecified atom stereocenters. The van der Waals surface area contributed by atoms with E-state index in [9.17, 15) is 0 Å². The molecule has 6 nitrogen and oxygen atoms in total. The van der Waals surface area contributed by atoms with Crippen molar-refractivity contribution in [1.29, 1.82) is 0 Å². The molecule has 3 heterocycles. The Hall–Kier alpha value is -2.73. The van der Waals surface area contributed by atoms with E-state index in [2.05, 4.69) is 20.4 Å². The zero-order valence-electron chi connectivity index (χ0n) is 9.91. The van der Waals surface area contributed by atoms with Gasteiger partial charge in [-0.1, -0.05) is 12.1 Å². The summed E-state index contributed by atoms with van der Waals surface area (Å²) in [7, 11) is 0. The minimum absolute atomic E-state index is 0.575. The van der Waals surface area contributed by atoms with Crippen LogP contribution < -0.4 is 11.3 Å². The molecule has 0 saturated carbocycles. The first-order chi connectivity index (χ1) is 9.38. The molecule has 0 aliphatic heterocycles. The van der Waals surface area contributed by atoms with Gasteiger partial charge >= 0.3 is 0 Å². The number of nitrogens with zero attached hydrogens (tertiary/aromatic N) is 4. The lowest BCUT2D eigenvalue weighted by molar-refractivity contribution is 1.13. The molecule has 3 aromatic heterocycles. The molecule has 4 rings (SSSR count). The summed E-state index contributed by atoms with van der Waals surface area (Å²) in [6.07, 6.45) is 1.75. The van der Waals surface area contributed by atoms with Crippen molar-refractivity contribution in [3.63, 3.8) is 0 Å². The second-order valence-electron chi connectivity index (χ2n) is 4.22. The van der Waals surface area contributed by atoms with Crippen LogP contribution in [-0.2, 0) is 0 Å². The maximum absolute atomic E-state index is 5.52. The molecule has 0 fully saturated rings. The summed E-state index contributed by atoms with van der Waals surface area (Å²) < 4.78 is 1.94. The largest absolute Gasteiger partial charge is 0.308 e. The van der Waals surface area contributed by atoms with Gasteiger partial charge in [0.2, 0.25) is 5.78 Å². The molecule has 19 heavy (non-hydrogen) atoms. The molecule has 0 aliphatic rings. The van der Waals surface area contributed by atoms with Gasteiger partial charge in [0.05, 0.1) is 16.4 Å². The Morgan fingerprint density at radius 2 is 1.95 bits per heavy atom. The van der Waals surface area contributed by atoms with Crippen LogP contribution in [0.3, 0.4) is 0 Å². The standard InChI is InChI=1S/C13H10N6/c14-18-11-8-4-3-7-15-12(8)19-10-6-2-1-5-9(10)16-13(19)17-11/h1-7H,14H2,(H,16,17,18). The van der Waals surface area contributed by atoms with E-state index < -0.39 is 0 Å². The first kappa shape index (κ1) is 10.2. The Kier molecular flexibility index (Phi) is 1.95. The van der Waals surface area contributed by atoms with Crippen LogP contribution in [0.15, 0.2) is 42.6 Å². The third kappa shape index (κ3) is 1.31. The van der Waals surface area contributed by atoms with Crippen LogP contribution in [0, 0.1) is 0 Å². The monoisotopic (exact) mass is 250 g/mol. The fourth-order valence-corrected chi connectivity index (χ4v) is 2.33. The number of para-hydroxylation sites is 2. The van der Waals surface area contributed by atoms with Gasteiger partial charge in [0.15, 0.2) is 11.5 Å². The first-order valence-corrected chi connectivity index (χ1v) is 5.87. The van der Waals surface area contributed by atoms with Crippen LogP contribution in [0.2, 0.25) is 0 Å². The second kappa shape index (κ2) is 3.63. The number of pyridine rings is 1. The van der Waals surface area contributed by atoms with E-state index in [1.165, 1.54) is 0 Å². The van der Waals surface area contributed by atoms with Crippen molar-refractivity contribution in [2.24, 2.45) is 5.84 Å². The molecular formula is C13H10N6. The highest BCUT2D eigenvalue weighted by Crippen LogP contribution is 2.24. The number of nitrogen functional groups attached to an aromatic ring is 1. The highest BCUT2D eigenvalue weighted by Gasteiger charge is 2.12. The molecule has 0 spiro atoms. The number of nitrogens with one attached hydrogen (secondary N) is 1. The van der Waals surface area contributed by atoms with Gasteiger partial charge in [-0.3, -0.25) is 4.40 Å². The number of fused-ring (bicyclic) bond motifs is 5. The van der Waals surface area contributed by atoms with Crippen molar-refractivity contribution in [1.82, 2.24) is 19.4 Å². The topological polar surface area (TPSA) is 81.1 Å². The van der Waals surface area contributed by atoms with Crippen molar-refractivity contribution in [3.05, 3.63) is 42.6 Å². The lowest BCUT2D eigenvalue weighted by Crippen LogP contribution is -2.10.